The molecule has 0 bridgehead atoms. The molecule has 9 heteroatoms. The molecule has 0 spiro atoms. The minimum atomic E-state index is -0.660. The lowest BCUT2D eigenvalue weighted by Crippen LogP contribution is -2.38. The number of benzene rings is 2. The van der Waals surface area contributed by atoms with E-state index < -0.39 is 11.6 Å². The van der Waals surface area contributed by atoms with Gasteiger partial charge in [-0.05, 0) is 48.6 Å². The number of hydrogen-bond acceptors (Lipinski definition) is 4. The molecule has 2 aromatic carbocycles. The van der Waals surface area contributed by atoms with Crippen LogP contribution in [0.3, 0.4) is 0 Å². The number of piperidine rings is 1. The Kier molecular flexibility index (Phi) is 5.45. The summed E-state index contributed by atoms with van der Waals surface area (Å²) >= 11 is 0. The molecule has 1 saturated heterocycles. The predicted molar refractivity (Wildman–Crippen MR) is 117 cm³/mol. The van der Waals surface area contributed by atoms with Crippen molar-refractivity contribution < 1.29 is 18.0 Å². The third-order valence-corrected chi connectivity index (χ3v) is 5.95. The third kappa shape index (κ3) is 4.13. The molecule has 2 aromatic heterocycles. The fourth-order valence-electron chi connectivity index (χ4n) is 4.19. The van der Waals surface area contributed by atoms with Crippen molar-refractivity contribution in [3.05, 3.63) is 89.5 Å². The van der Waals surface area contributed by atoms with Gasteiger partial charge in [0.1, 0.15) is 28.8 Å². The highest BCUT2D eigenvalue weighted by molar-refractivity contribution is 5.99. The van der Waals surface area contributed by atoms with Crippen LogP contribution in [0.1, 0.15) is 34.7 Å². The van der Waals surface area contributed by atoms with Crippen LogP contribution in [0.5, 0.6) is 0 Å². The van der Waals surface area contributed by atoms with Crippen LogP contribution in [0.4, 0.5) is 24.7 Å². The molecule has 1 N–H and O–H groups in total. The second-order valence-corrected chi connectivity index (χ2v) is 7.99. The maximum atomic E-state index is 14.3. The molecule has 0 atom stereocenters. The lowest BCUT2D eigenvalue weighted by molar-refractivity contribution is 0.0713. The third-order valence-electron chi connectivity index (χ3n) is 5.95. The van der Waals surface area contributed by atoms with Gasteiger partial charge in [-0.3, -0.25) is 4.79 Å². The number of hydrogen-bond donors (Lipinski definition) is 1. The first-order chi connectivity index (χ1) is 16.0. The second-order valence-electron chi connectivity index (χ2n) is 7.99. The molecule has 0 aliphatic carbocycles. The molecule has 3 heterocycles. The van der Waals surface area contributed by atoms with E-state index in [0.717, 1.165) is 36.6 Å². The monoisotopic (exact) mass is 451 g/mol. The number of nitrogens with zero attached hydrogens (tertiary/aromatic N) is 4. The highest BCUT2D eigenvalue weighted by Crippen LogP contribution is 2.30. The topological polar surface area (TPSA) is 62.5 Å². The number of nitrogens with one attached hydrogen (secondary N) is 1. The highest BCUT2D eigenvalue weighted by Gasteiger charge is 2.27. The Balaban J connectivity index is 1.41. The van der Waals surface area contributed by atoms with Crippen molar-refractivity contribution in [2.45, 2.75) is 18.8 Å². The van der Waals surface area contributed by atoms with Crippen molar-refractivity contribution in [2.75, 3.05) is 18.4 Å². The zero-order valence-electron chi connectivity index (χ0n) is 17.5. The summed E-state index contributed by atoms with van der Waals surface area (Å²) in [7, 11) is 0. The molecular formula is C24H20F3N5O. The minimum absolute atomic E-state index is 0.109. The number of carbonyl (C=O) groups excluding carboxylic acids is 1. The van der Waals surface area contributed by atoms with Gasteiger partial charge in [-0.2, -0.15) is 9.61 Å². The lowest BCUT2D eigenvalue weighted by Gasteiger charge is -2.32. The fourth-order valence-corrected chi connectivity index (χ4v) is 4.19. The van der Waals surface area contributed by atoms with Crippen molar-refractivity contribution >= 4 is 23.1 Å². The van der Waals surface area contributed by atoms with Gasteiger partial charge in [-0.25, -0.2) is 18.2 Å². The number of halogens is 3. The summed E-state index contributed by atoms with van der Waals surface area (Å²) in [6.45, 7) is 1.01. The van der Waals surface area contributed by atoms with Gasteiger partial charge in [0.15, 0.2) is 5.65 Å². The van der Waals surface area contributed by atoms with Crippen LogP contribution in [0.15, 0.2) is 60.9 Å². The Morgan fingerprint density at radius 2 is 1.70 bits per heavy atom. The average molecular weight is 451 g/mol. The number of rotatable bonds is 4. The molecule has 1 aliphatic rings. The summed E-state index contributed by atoms with van der Waals surface area (Å²) in [4.78, 5) is 19.4. The fraction of sp³-hybridized carbons (Fsp3) is 0.208. The van der Waals surface area contributed by atoms with E-state index in [2.05, 4.69) is 15.4 Å². The van der Waals surface area contributed by atoms with E-state index in [-0.39, 0.29) is 34.7 Å². The van der Waals surface area contributed by atoms with Gasteiger partial charge < -0.3 is 10.2 Å². The van der Waals surface area contributed by atoms with Crippen molar-refractivity contribution in [1.82, 2.24) is 19.5 Å². The maximum absolute atomic E-state index is 14.3. The molecule has 168 valence electrons. The van der Waals surface area contributed by atoms with Crippen LogP contribution in [0, 0.1) is 17.5 Å². The smallest absolute Gasteiger partial charge is 0.259 e. The second kappa shape index (κ2) is 8.57. The van der Waals surface area contributed by atoms with Gasteiger partial charge in [0, 0.05) is 31.4 Å². The van der Waals surface area contributed by atoms with E-state index in [9.17, 15) is 18.0 Å². The Morgan fingerprint density at radius 1 is 0.970 bits per heavy atom. The molecular weight excluding hydrogens is 431 g/mol. The van der Waals surface area contributed by atoms with Crippen molar-refractivity contribution in [1.29, 1.82) is 0 Å². The first kappa shape index (κ1) is 21.0. The Labute approximate surface area is 187 Å². The number of likely N-dealkylation sites (tertiary alicyclic amines) is 1. The van der Waals surface area contributed by atoms with E-state index in [1.54, 1.807) is 23.1 Å². The molecule has 0 saturated carbocycles. The zero-order chi connectivity index (χ0) is 22.9. The molecule has 1 fully saturated rings. The average Bonchev–Trinajstić information content (AvgIpc) is 3.31. The molecule has 1 amide bonds. The van der Waals surface area contributed by atoms with Crippen molar-refractivity contribution in [2.24, 2.45) is 0 Å². The van der Waals surface area contributed by atoms with E-state index in [0.29, 0.717) is 18.7 Å². The quantitative estimate of drug-likeness (QED) is 0.479. The van der Waals surface area contributed by atoms with Crippen molar-refractivity contribution in [3.8, 4) is 0 Å². The zero-order valence-corrected chi connectivity index (χ0v) is 17.5. The van der Waals surface area contributed by atoms with Crippen molar-refractivity contribution in [3.63, 3.8) is 0 Å². The molecule has 0 unspecified atom stereocenters. The van der Waals surface area contributed by atoms with Gasteiger partial charge in [0.2, 0.25) is 0 Å². The van der Waals surface area contributed by atoms with Gasteiger partial charge in [0.25, 0.3) is 5.91 Å². The van der Waals surface area contributed by atoms with E-state index in [4.69, 9.17) is 0 Å². The summed E-state index contributed by atoms with van der Waals surface area (Å²) in [6, 6.07) is 11.2. The Bertz CT molecular complexity index is 1310. The number of fused-ring (bicyclic) bond motifs is 1. The maximum Gasteiger partial charge on any atom is 0.259 e. The molecule has 6 nitrogen and oxygen atoms in total. The first-order valence-corrected chi connectivity index (χ1v) is 10.6. The number of aromatic nitrogens is 3. The van der Waals surface area contributed by atoms with Gasteiger partial charge in [0.05, 0.1) is 11.9 Å². The summed E-state index contributed by atoms with van der Waals surface area (Å²) in [5.74, 6) is -1.38. The van der Waals surface area contributed by atoms with Crippen LogP contribution in [-0.4, -0.2) is 38.5 Å². The number of amides is 1. The number of anilines is 2. The van der Waals surface area contributed by atoms with E-state index in [1.165, 1.54) is 29.0 Å². The largest absolute Gasteiger partial charge is 0.338 e. The van der Waals surface area contributed by atoms with Crippen LogP contribution >= 0.6 is 0 Å². The molecule has 5 rings (SSSR count). The first-order valence-electron chi connectivity index (χ1n) is 10.6. The van der Waals surface area contributed by atoms with E-state index in [1.807, 2.05) is 0 Å². The highest BCUT2D eigenvalue weighted by atomic mass is 19.1. The van der Waals surface area contributed by atoms with Gasteiger partial charge in [-0.15, -0.1) is 0 Å². The van der Waals surface area contributed by atoms with Crippen LogP contribution in [0.2, 0.25) is 0 Å². The summed E-state index contributed by atoms with van der Waals surface area (Å²) in [6.07, 6.45) is 4.40. The molecule has 0 radical (unpaired) electrons. The Hall–Kier alpha value is -3.88. The normalized spacial score (nSPS) is 14.6. The van der Waals surface area contributed by atoms with E-state index >= 15 is 0 Å². The van der Waals surface area contributed by atoms with Gasteiger partial charge in [-0.1, -0.05) is 12.1 Å². The number of carbonyl (C=O) groups is 1. The summed E-state index contributed by atoms with van der Waals surface area (Å²) in [5.41, 5.74) is 1.60. The predicted octanol–water partition coefficient (Wildman–Crippen LogP) is 4.91. The summed E-state index contributed by atoms with van der Waals surface area (Å²) in [5, 5.41) is 7.02. The lowest BCUT2D eigenvalue weighted by atomic mass is 9.89. The molecule has 4 aromatic rings. The van der Waals surface area contributed by atoms with Gasteiger partial charge >= 0.3 is 0 Å². The van der Waals surface area contributed by atoms with Crippen LogP contribution < -0.4 is 5.32 Å². The van der Waals surface area contributed by atoms with Crippen LogP contribution in [-0.2, 0) is 0 Å². The Morgan fingerprint density at radius 3 is 2.45 bits per heavy atom. The SMILES string of the molecule is O=C(c1cnc2ccnn2c1Nc1cc(F)ccc1F)N1CCC(c2ccc(F)cc2)CC1. The summed E-state index contributed by atoms with van der Waals surface area (Å²) < 4.78 is 42.6. The molecule has 1 aliphatic heterocycles. The standard InChI is InChI=1S/C24H20F3N5O/c25-17-3-1-15(2-4-17)16-8-11-31(12-9-16)24(33)19-14-28-22-7-10-29-32(22)23(19)30-21-13-18(26)5-6-20(21)27/h1-7,10,13-14,16,30H,8-9,11-12H2. The minimum Gasteiger partial charge on any atom is -0.338 e. The van der Waals surface area contributed by atoms with Crippen LogP contribution in [0.25, 0.3) is 5.65 Å². The molecule has 33 heavy (non-hydrogen) atoms.